The van der Waals surface area contributed by atoms with Gasteiger partial charge in [0, 0.05) is 0 Å². The van der Waals surface area contributed by atoms with Crippen LogP contribution in [0.4, 0.5) is 0 Å². The zero-order valence-electron chi connectivity index (χ0n) is 16.1. The van der Waals surface area contributed by atoms with Gasteiger partial charge in [0.2, 0.25) is 0 Å². The maximum absolute atomic E-state index is 5.24. The molecule has 0 spiro atoms. The van der Waals surface area contributed by atoms with E-state index in [1.165, 1.54) is 11.1 Å². The first-order valence-electron chi connectivity index (χ1n) is 6.72. The van der Waals surface area contributed by atoms with Crippen molar-refractivity contribution in [3.63, 3.8) is 0 Å². The molecule has 4 rings (SSSR count). The molecule has 0 N–H and O–H groups in total. The first-order valence-corrected chi connectivity index (χ1v) is 6.72. The molecule has 0 saturated heterocycles. The number of hydrogen-bond donors (Lipinski definition) is 0. The van der Waals surface area contributed by atoms with Crippen LogP contribution >= 0.6 is 0 Å². The maximum atomic E-state index is 5.24. The molecular formula is C18H16Fe2Mn2Ni2O9. The smallest absolute Gasteiger partial charge is 2.00 e. The van der Waals surface area contributed by atoms with Gasteiger partial charge in [0.05, 0.1) is 12.5 Å². The average molecular weight is 715 g/mol. The molecule has 0 saturated carbocycles. The van der Waals surface area contributed by atoms with E-state index >= 15 is 0 Å². The molecule has 0 amide bonds. The molecule has 0 fully saturated rings. The molecule has 0 bridgehead atoms. The van der Waals surface area contributed by atoms with E-state index in [2.05, 4.69) is 12.1 Å². The van der Waals surface area contributed by atoms with E-state index < -0.39 is 0 Å². The minimum Gasteiger partial charge on any atom is -2.00 e. The number of fused-ring (bicyclic) bond motifs is 2. The summed E-state index contributed by atoms with van der Waals surface area (Å²) in [6.45, 7) is 0. The van der Waals surface area contributed by atoms with E-state index in [1.54, 1.807) is 12.5 Å². The van der Waals surface area contributed by atoms with Gasteiger partial charge in [0.1, 0.15) is 11.5 Å². The van der Waals surface area contributed by atoms with Gasteiger partial charge in [-0.1, -0.05) is 36.4 Å². The number of hydrogen-bond acceptors (Lipinski definition) is 2. The first-order chi connectivity index (χ1) is 9.93. The molecule has 2 aliphatic rings. The van der Waals surface area contributed by atoms with Crippen LogP contribution in [0.1, 0.15) is 11.1 Å². The Morgan fingerprint density at radius 1 is 0.485 bits per heavy atom. The Morgan fingerprint density at radius 3 is 1.03 bits per heavy atom. The van der Waals surface area contributed by atoms with Crippen molar-refractivity contribution < 1.29 is 149 Å². The molecule has 192 valence electrons. The fourth-order valence-electron chi connectivity index (χ4n) is 2.17. The largest absolute Gasteiger partial charge is 3.00 e. The van der Waals surface area contributed by atoms with E-state index in [-0.39, 0.29) is 140 Å². The quantitative estimate of drug-likeness (QED) is 0.375. The van der Waals surface area contributed by atoms with Gasteiger partial charge in [0.15, 0.2) is 0 Å². The normalized spacial score (nSPS) is 8.48. The van der Waals surface area contributed by atoms with Gasteiger partial charge < -0.3 is 47.8 Å². The Kier molecular flexibility index (Phi) is 83.7. The van der Waals surface area contributed by atoms with Crippen molar-refractivity contribution in [1.82, 2.24) is 0 Å². The third-order valence-corrected chi connectivity index (χ3v) is 3.20. The van der Waals surface area contributed by atoms with Crippen molar-refractivity contribution in [3.8, 4) is 11.5 Å². The second-order valence-corrected chi connectivity index (χ2v) is 4.60. The predicted molar refractivity (Wildman–Crippen MR) is 84.6 cm³/mol. The van der Waals surface area contributed by atoms with Gasteiger partial charge in [-0.2, -0.15) is 0 Å². The van der Waals surface area contributed by atoms with Gasteiger partial charge in [-0.15, -0.1) is 0 Å². The number of allylic oxidation sites excluding steroid dienone is 2. The molecule has 2 heterocycles. The van der Waals surface area contributed by atoms with Crippen molar-refractivity contribution in [2.45, 2.75) is 12.8 Å². The van der Waals surface area contributed by atoms with E-state index in [4.69, 9.17) is 9.47 Å². The molecule has 2 aromatic carbocycles. The molecule has 0 atom stereocenters. The molecule has 15 heteroatoms. The van der Waals surface area contributed by atoms with E-state index in [0.29, 0.717) is 0 Å². The summed E-state index contributed by atoms with van der Waals surface area (Å²) in [5, 5.41) is 0. The Morgan fingerprint density at radius 2 is 0.758 bits per heavy atom. The van der Waals surface area contributed by atoms with E-state index in [1.807, 2.05) is 48.6 Å². The van der Waals surface area contributed by atoms with Crippen LogP contribution < -0.4 is 9.47 Å². The van der Waals surface area contributed by atoms with Crippen LogP contribution in [-0.2, 0) is 152 Å². The average Bonchev–Trinajstić information content (AvgIpc) is 2.56. The summed E-state index contributed by atoms with van der Waals surface area (Å²) >= 11 is 0. The number of rotatable bonds is 0. The van der Waals surface area contributed by atoms with Crippen LogP contribution in [0.25, 0.3) is 0 Å². The zero-order chi connectivity index (χ0) is 13.6. The summed E-state index contributed by atoms with van der Waals surface area (Å²) in [6.07, 6.45) is 9.50. The monoisotopic (exact) mass is 714 g/mol. The van der Waals surface area contributed by atoms with Crippen LogP contribution in [0, 0.1) is 0 Å². The summed E-state index contributed by atoms with van der Waals surface area (Å²) in [5.41, 5.74) is 2.54. The van der Waals surface area contributed by atoms with Crippen LogP contribution in [0.2, 0.25) is 0 Å². The molecule has 4 radical (unpaired) electrons. The number of para-hydroxylation sites is 2. The van der Waals surface area contributed by atoms with Gasteiger partial charge in [-0.25, -0.2) is 0 Å². The molecule has 33 heavy (non-hydrogen) atoms. The van der Waals surface area contributed by atoms with Crippen LogP contribution in [0.5, 0.6) is 11.5 Å². The Hall–Kier alpha value is 0.305. The van der Waals surface area contributed by atoms with Gasteiger partial charge in [0.25, 0.3) is 0 Å². The second kappa shape index (κ2) is 39.5. The predicted octanol–water partition coefficient (Wildman–Crippen LogP) is 3.42. The van der Waals surface area contributed by atoms with Gasteiger partial charge in [-0.05, 0) is 48.3 Å². The molecule has 0 aliphatic carbocycles. The van der Waals surface area contributed by atoms with Crippen LogP contribution in [0.3, 0.4) is 0 Å². The summed E-state index contributed by atoms with van der Waals surface area (Å²) in [6, 6.07) is 16.2. The zero-order valence-corrected chi connectivity index (χ0v) is 22.7. The Bertz CT molecular complexity index is 577. The molecule has 0 aromatic heterocycles. The minimum absolute atomic E-state index is 0. The van der Waals surface area contributed by atoms with Gasteiger partial charge >= 0.3 is 101 Å². The molecule has 2 aliphatic heterocycles. The molecule has 9 nitrogen and oxygen atoms in total. The Balaban J connectivity index is -0.0000000234. The first kappa shape index (κ1) is 69.9. The summed E-state index contributed by atoms with van der Waals surface area (Å²) in [5.74, 6) is 1.98. The van der Waals surface area contributed by atoms with Crippen LogP contribution in [-0.4, -0.2) is 0 Å². The van der Waals surface area contributed by atoms with Crippen molar-refractivity contribution >= 4 is 0 Å². The number of ether oxygens (including phenoxy) is 2. The fraction of sp³-hybridized carbons (Fsp3) is 0.111. The fourth-order valence-corrected chi connectivity index (χ4v) is 2.17. The Labute approximate surface area is 255 Å². The molecule has 2 aromatic rings. The third-order valence-electron chi connectivity index (χ3n) is 3.20. The van der Waals surface area contributed by atoms with Crippen molar-refractivity contribution in [3.05, 3.63) is 84.3 Å². The molecule has 0 unspecified atom stereocenters. The standard InChI is InChI=1S/2C9H8O.2Fe.2Mn.2Ni.7O/c2*1-2-6-9-8(4-1)5-3-7-10-9;;;;;;;;;;;;;/h2*1-4,6-7H,5H2;;;;;;;;;;;;;/q;;2*+3;4*+2;7*-2. The van der Waals surface area contributed by atoms with Crippen molar-refractivity contribution in [2.24, 2.45) is 0 Å². The van der Waals surface area contributed by atoms with Gasteiger partial charge in [-0.3, -0.25) is 0 Å². The summed E-state index contributed by atoms with van der Waals surface area (Å²) < 4.78 is 10.5. The third kappa shape index (κ3) is 22.5. The van der Waals surface area contributed by atoms with E-state index in [0.717, 1.165) is 24.3 Å². The van der Waals surface area contributed by atoms with Crippen molar-refractivity contribution in [2.75, 3.05) is 0 Å². The van der Waals surface area contributed by atoms with Crippen molar-refractivity contribution in [1.29, 1.82) is 0 Å². The van der Waals surface area contributed by atoms with E-state index in [9.17, 15) is 0 Å². The summed E-state index contributed by atoms with van der Waals surface area (Å²) in [4.78, 5) is 0. The minimum atomic E-state index is 0. The molecular weight excluding hydrogens is 699 g/mol. The maximum Gasteiger partial charge on any atom is 3.00 e. The van der Waals surface area contributed by atoms with Crippen LogP contribution in [0.15, 0.2) is 73.2 Å². The summed E-state index contributed by atoms with van der Waals surface area (Å²) in [7, 11) is 0. The topological polar surface area (TPSA) is 218 Å². The second-order valence-electron chi connectivity index (χ2n) is 4.60. The SMILES string of the molecule is C1=COc2ccccc2C1.C1=COc2ccccc2C1.[Fe+3].[Fe+3].[Mn+2].[Mn+2].[Ni+2].[Ni+2].[O-2].[O-2].[O-2].[O-2].[O-2].[O-2].[O-2]. The number of benzene rings is 2.